The zero-order valence-electron chi connectivity index (χ0n) is 8.48. The number of hydrogen-bond donors (Lipinski definition) is 2. The van der Waals surface area contributed by atoms with Crippen LogP contribution in [0.4, 0.5) is 0 Å². The van der Waals surface area contributed by atoms with E-state index in [1.54, 1.807) is 0 Å². The Morgan fingerprint density at radius 2 is 2.08 bits per heavy atom. The molecule has 1 saturated heterocycles. The maximum atomic E-state index is 9.35. The first-order chi connectivity index (χ1) is 5.54. The molecule has 0 aliphatic carbocycles. The summed E-state index contributed by atoms with van der Waals surface area (Å²) in [5, 5.41) is 12.8. The molecule has 1 heterocycles. The fourth-order valence-corrected chi connectivity index (χ4v) is 2.30. The van der Waals surface area contributed by atoms with Gasteiger partial charge in [0.25, 0.3) is 0 Å². The summed E-state index contributed by atoms with van der Waals surface area (Å²) in [7, 11) is 0. The van der Waals surface area contributed by atoms with E-state index in [1.165, 1.54) is 0 Å². The largest absolute Gasteiger partial charge is 0.396 e. The Bertz CT molecular complexity index is 150. The van der Waals surface area contributed by atoms with Crippen molar-refractivity contribution in [3.63, 3.8) is 0 Å². The summed E-state index contributed by atoms with van der Waals surface area (Å²) in [6.45, 7) is 7.99. The first-order valence-corrected chi connectivity index (χ1v) is 4.89. The Morgan fingerprint density at radius 1 is 1.42 bits per heavy atom. The van der Waals surface area contributed by atoms with E-state index in [-0.39, 0.29) is 11.0 Å². The molecule has 1 aliphatic heterocycles. The van der Waals surface area contributed by atoms with Gasteiger partial charge in [-0.3, -0.25) is 0 Å². The van der Waals surface area contributed by atoms with Gasteiger partial charge in [0.05, 0.1) is 0 Å². The second-order valence-electron chi connectivity index (χ2n) is 4.75. The van der Waals surface area contributed by atoms with Gasteiger partial charge in [0.15, 0.2) is 0 Å². The molecular formula is C10H21NO. The van der Waals surface area contributed by atoms with Crippen molar-refractivity contribution < 1.29 is 5.11 Å². The first kappa shape index (κ1) is 10.0. The highest BCUT2D eigenvalue weighted by Crippen LogP contribution is 2.37. The van der Waals surface area contributed by atoms with E-state index < -0.39 is 0 Å². The lowest BCUT2D eigenvalue weighted by molar-refractivity contribution is 0.0451. The van der Waals surface area contributed by atoms with Gasteiger partial charge < -0.3 is 10.4 Å². The van der Waals surface area contributed by atoms with Gasteiger partial charge in [-0.2, -0.15) is 0 Å². The number of piperidine rings is 1. The summed E-state index contributed by atoms with van der Waals surface area (Å²) in [6, 6.07) is 0. The third-order valence-electron chi connectivity index (χ3n) is 3.16. The molecule has 0 saturated carbocycles. The molecule has 1 unspecified atom stereocenters. The zero-order chi connectivity index (χ0) is 9.24. The van der Waals surface area contributed by atoms with E-state index in [2.05, 4.69) is 26.1 Å². The predicted molar refractivity (Wildman–Crippen MR) is 51.1 cm³/mol. The highest BCUT2D eigenvalue weighted by Gasteiger charge is 2.37. The lowest BCUT2D eigenvalue weighted by Gasteiger charge is -2.44. The monoisotopic (exact) mass is 171 g/mol. The molecule has 0 aromatic carbocycles. The summed E-state index contributed by atoms with van der Waals surface area (Å²) in [6.07, 6.45) is 3.30. The average molecular weight is 171 g/mol. The van der Waals surface area contributed by atoms with E-state index in [0.717, 1.165) is 25.8 Å². The second kappa shape index (κ2) is 3.35. The molecule has 0 bridgehead atoms. The van der Waals surface area contributed by atoms with Crippen molar-refractivity contribution >= 4 is 0 Å². The highest BCUT2D eigenvalue weighted by atomic mass is 16.3. The van der Waals surface area contributed by atoms with Crippen LogP contribution in [0.15, 0.2) is 0 Å². The molecule has 2 heteroatoms. The molecule has 0 aromatic heterocycles. The van der Waals surface area contributed by atoms with Crippen LogP contribution in [-0.4, -0.2) is 23.8 Å². The van der Waals surface area contributed by atoms with E-state index >= 15 is 0 Å². The van der Waals surface area contributed by atoms with Gasteiger partial charge in [-0.1, -0.05) is 6.92 Å². The molecule has 0 amide bonds. The van der Waals surface area contributed by atoms with Gasteiger partial charge in [0.1, 0.15) is 0 Å². The van der Waals surface area contributed by atoms with Gasteiger partial charge >= 0.3 is 0 Å². The molecule has 2 nitrogen and oxygen atoms in total. The third kappa shape index (κ3) is 1.99. The van der Waals surface area contributed by atoms with Crippen molar-refractivity contribution in [1.29, 1.82) is 0 Å². The summed E-state index contributed by atoms with van der Waals surface area (Å²) in [4.78, 5) is 0. The van der Waals surface area contributed by atoms with E-state index in [4.69, 9.17) is 0 Å². The molecule has 1 rings (SSSR count). The Balaban J connectivity index is 2.65. The van der Waals surface area contributed by atoms with E-state index in [0.29, 0.717) is 6.61 Å². The summed E-state index contributed by atoms with van der Waals surface area (Å²) < 4.78 is 0. The maximum absolute atomic E-state index is 9.35. The molecule has 1 aliphatic rings. The van der Waals surface area contributed by atoms with Crippen molar-refractivity contribution in [3.8, 4) is 0 Å². The maximum Gasteiger partial charge on any atom is 0.0488 e. The summed E-state index contributed by atoms with van der Waals surface area (Å²) >= 11 is 0. The van der Waals surface area contributed by atoms with Crippen molar-refractivity contribution in [2.24, 2.45) is 5.41 Å². The average Bonchev–Trinajstić information content (AvgIpc) is 2.02. The van der Waals surface area contributed by atoms with Crippen LogP contribution < -0.4 is 5.32 Å². The standard InChI is InChI=1S/C10H21NO/c1-4-10(8-12)5-6-11-9(2,3)7-10/h11-12H,4-8H2,1-3H3. The molecule has 0 spiro atoms. The van der Waals surface area contributed by atoms with Gasteiger partial charge in [0, 0.05) is 12.1 Å². The third-order valence-corrected chi connectivity index (χ3v) is 3.16. The van der Waals surface area contributed by atoms with Crippen molar-refractivity contribution in [2.75, 3.05) is 13.2 Å². The molecule has 1 atom stereocenters. The Hall–Kier alpha value is -0.0800. The zero-order valence-corrected chi connectivity index (χ0v) is 8.48. The fourth-order valence-electron chi connectivity index (χ4n) is 2.30. The minimum absolute atomic E-state index is 0.189. The quantitative estimate of drug-likeness (QED) is 0.660. The van der Waals surface area contributed by atoms with Crippen LogP contribution in [0.5, 0.6) is 0 Å². The molecule has 0 aromatic rings. The Morgan fingerprint density at radius 3 is 2.42 bits per heavy atom. The topological polar surface area (TPSA) is 32.3 Å². The fraction of sp³-hybridized carbons (Fsp3) is 1.00. The van der Waals surface area contributed by atoms with Gasteiger partial charge in [-0.05, 0) is 45.1 Å². The second-order valence-corrected chi connectivity index (χ2v) is 4.75. The minimum Gasteiger partial charge on any atom is -0.396 e. The van der Waals surface area contributed by atoms with Gasteiger partial charge in [0.2, 0.25) is 0 Å². The van der Waals surface area contributed by atoms with Crippen molar-refractivity contribution in [3.05, 3.63) is 0 Å². The lowest BCUT2D eigenvalue weighted by atomic mass is 9.70. The Kier molecular flexibility index (Phi) is 2.79. The number of aliphatic hydroxyl groups excluding tert-OH is 1. The molecule has 2 N–H and O–H groups in total. The molecular weight excluding hydrogens is 150 g/mol. The smallest absolute Gasteiger partial charge is 0.0488 e. The van der Waals surface area contributed by atoms with Crippen LogP contribution in [0.3, 0.4) is 0 Å². The SMILES string of the molecule is CCC1(CO)CCNC(C)(C)C1. The van der Waals surface area contributed by atoms with Crippen LogP contribution in [0.1, 0.15) is 40.0 Å². The predicted octanol–water partition coefficient (Wildman–Crippen LogP) is 1.54. The van der Waals surface area contributed by atoms with Crippen LogP contribution in [-0.2, 0) is 0 Å². The Labute approximate surface area is 75.4 Å². The van der Waals surface area contributed by atoms with Crippen molar-refractivity contribution in [1.82, 2.24) is 5.32 Å². The lowest BCUT2D eigenvalue weighted by Crippen LogP contribution is -2.51. The van der Waals surface area contributed by atoms with Crippen LogP contribution >= 0.6 is 0 Å². The van der Waals surface area contributed by atoms with Gasteiger partial charge in [-0.15, -0.1) is 0 Å². The number of rotatable bonds is 2. The summed E-state index contributed by atoms with van der Waals surface area (Å²) in [5.74, 6) is 0. The minimum atomic E-state index is 0.189. The van der Waals surface area contributed by atoms with Crippen LogP contribution in [0, 0.1) is 5.41 Å². The van der Waals surface area contributed by atoms with Crippen molar-refractivity contribution in [2.45, 2.75) is 45.6 Å². The van der Waals surface area contributed by atoms with E-state index in [1.807, 2.05) is 0 Å². The van der Waals surface area contributed by atoms with E-state index in [9.17, 15) is 5.11 Å². The van der Waals surface area contributed by atoms with Crippen LogP contribution in [0.25, 0.3) is 0 Å². The number of aliphatic hydroxyl groups is 1. The first-order valence-electron chi connectivity index (χ1n) is 4.89. The van der Waals surface area contributed by atoms with Gasteiger partial charge in [-0.25, -0.2) is 0 Å². The highest BCUT2D eigenvalue weighted by molar-refractivity contribution is 4.93. The number of hydrogen-bond acceptors (Lipinski definition) is 2. The molecule has 72 valence electrons. The summed E-state index contributed by atoms with van der Waals surface area (Å²) in [5.41, 5.74) is 0.395. The normalized spacial score (nSPS) is 35.0. The molecule has 12 heavy (non-hydrogen) atoms. The molecule has 0 radical (unpaired) electrons. The molecule has 1 fully saturated rings. The number of nitrogens with one attached hydrogen (secondary N) is 1. The van der Waals surface area contributed by atoms with Crippen LogP contribution in [0.2, 0.25) is 0 Å².